The molecule has 1 heterocycles. The molecule has 1 aromatic heterocycles. The first-order valence-corrected chi connectivity index (χ1v) is 5.08. The monoisotopic (exact) mass is 236 g/mol. The Hall–Kier alpha value is -2.20. The van der Waals surface area contributed by atoms with E-state index < -0.39 is 4.92 Å². The first-order chi connectivity index (χ1) is 8.19. The van der Waals surface area contributed by atoms with Crippen molar-refractivity contribution in [3.63, 3.8) is 0 Å². The molecule has 0 amide bonds. The molecule has 0 spiro atoms. The van der Waals surface area contributed by atoms with E-state index in [-0.39, 0.29) is 23.7 Å². The lowest BCUT2D eigenvalue weighted by Crippen LogP contribution is -2.07. The molecule has 0 atom stereocenters. The van der Waals surface area contributed by atoms with Crippen molar-refractivity contribution in [1.82, 2.24) is 4.98 Å². The predicted molar refractivity (Wildman–Crippen MR) is 60.4 cm³/mol. The zero-order valence-corrected chi connectivity index (χ0v) is 9.09. The summed E-state index contributed by atoms with van der Waals surface area (Å²) in [5, 5.41) is 30.8. The molecule has 0 fully saturated rings. The zero-order chi connectivity index (χ0) is 12.7. The number of hydrogen-bond donors (Lipinski definition) is 2. The molecule has 7 heteroatoms. The molecule has 2 N–H and O–H groups in total. The normalized spacial score (nSPS) is 9.65. The number of aliphatic hydroxyl groups is 1. The highest BCUT2D eigenvalue weighted by Crippen LogP contribution is 2.22. The topological polar surface area (TPSA) is 112 Å². The third-order valence-corrected chi connectivity index (χ3v) is 2.07. The molecule has 0 aromatic carbocycles. The average molecular weight is 236 g/mol. The molecule has 0 bridgehead atoms. The Bertz CT molecular complexity index is 442. The fourth-order valence-electron chi connectivity index (χ4n) is 1.23. The Morgan fingerprint density at radius 1 is 1.59 bits per heavy atom. The summed E-state index contributed by atoms with van der Waals surface area (Å²) >= 11 is 0. The molecule has 0 aliphatic rings. The number of aliphatic hydroxyl groups excluding tert-OH is 1. The lowest BCUT2D eigenvalue weighted by molar-refractivity contribution is -0.384. The van der Waals surface area contributed by atoms with Gasteiger partial charge in [-0.3, -0.25) is 10.1 Å². The van der Waals surface area contributed by atoms with Crippen molar-refractivity contribution in [2.75, 3.05) is 18.5 Å². The van der Waals surface area contributed by atoms with E-state index in [0.717, 1.165) is 0 Å². The number of anilines is 1. The summed E-state index contributed by atoms with van der Waals surface area (Å²) in [5.41, 5.74) is -0.0642. The van der Waals surface area contributed by atoms with E-state index in [1.54, 1.807) is 6.07 Å². The number of nitrogens with one attached hydrogen (secondary N) is 1. The van der Waals surface area contributed by atoms with Crippen LogP contribution in [0.5, 0.6) is 0 Å². The second kappa shape index (κ2) is 6.40. The maximum Gasteiger partial charge on any atom is 0.312 e. The highest BCUT2D eigenvalue weighted by Gasteiger charge is 2.15. The van der Waals surface area contributed by atoms with Gasteiger partial charge in [-0.05, 0) is 12.8 Å². The van der Waals surface area contributed by atoms with Crippen LogP contribution in [0, 0.1) is 21.4 Å². The van der Waals surface area contributed by atoms with Gasteiger partial charge in [-0.2, -0.15) is 5.26 Å². The number of hydrogen-bond acceptors (Lipinski definition) is 6. The minimum atomic E-state index is -0.581. The van der Waals surface area contributed by atoms with Crippen LogP contribution in [0.1, 0.15) is 18.4 Å². The Balaban J connectivity index is 2.77. The van der Waals surface area contributed by atoms with Crippen molar-refractivity contribution in [2.24, 2.45) is 0 Å². The van der Waals surface area contributed by atoms with Gasteiger partial charge in [-0.1, -0.05) is 0 Å². The summed E-state index contributed by atoms with van der Waals surface area (Å²) in [5.74, 6) is 0.145. The second-order valence-electron chi connectivity index (χ2n) is 3.32. The van der Waals surface area contributed by atoms with Crippen LogP contribution in [0.15, 0.2) is 12.3 Å². The van der Waals surface area contributed by atoms with Crippen LogP contribution >= 0.6 is 0 Å². The van der Waals surface area contributed by atoms with Gasteiger partial charge < -0.3 is 10.4 Å². The molecule has 17 heavy (non-hydrogen) atoms. The lowest BCUT2D eigenvalue weighted by Gasteiger charge is -2.05. The number of pyridine rings is 1. The van der Waals surface area contributed by atoms with E-state index >= 15 is 0 Å². The van der Waals surface area contributed by atoms with Gasteiger partial charge in [0.15, 0.2) is 0 Å². The molecule has 1 rings (SSSR count). The summed E-state index contributed by atoms with van der Waals surface area (Å²) in [4.78, 5) is 14.0. The first kappa shape index (κ1) is 12.9. The maximum atomic E-state index is 10.8. The quantitative estimate of drug-likeness (QED) is 0.433. The van der Waals surface area contributed by atoms with Gasteiger partial charge in [0.05, 0.1) is 10.5 Å². The molecule has 0 saturated heterocycles. The van der Waals surface area contributed by atoms with Gasteiger partial charge in [-0.15, -0.1) is 0 Å². The molecule has 0 unspecified atom stereocenters. The second-order valence-corrected chi connectivity index (χ2v) is 3.32. The largest absolute Gasteiger partial charge is 0.396 e. The van der Waals surface area contributed by atoms with E-state index in [9.17, 15) is 10.1 Å². The molecule has 0 aliphatic carbocycles. The number of unbranched alkanes of at least 4 members (excludes halogenated alkanes) is 1. The predicted octanol–water partition coefficient (Wildman–Crippen LogP) is 1.05. The van der Waals surface area contributed by atoms with E-state index in [1.165, 1.54) is 12.3 Å². The fraction of sp³-hybridized carbons (Fsp3) is 0.400. The molecule has 1 aromatic rings. The molecule has 90 valence electrons. The summed E-state index contributed by atoms with van der Waals surface area (Å²) in [6, 6.07) is 2.98. The van der Waals surface area contributed by atoms with Crippen LogP contribution in [0.3, 0.4) is 0 Å². The summed E-state index contributed by atoms with van der Waals surface area (Å²) in [6.07, 6.45) is 2.59. The molecule has 0 aliphatic heterocycles. The van der Waals surface area contributed by atoms with E-state index in [2.05, 4.69) is 10.3 Å². The smallest absolute Gasteiger partial charge is 0.312 e. The number of nitro groups is 1. The third kappa shape index (κ3) is 3.70. The van der Waals surface area contributed by atoms with E-state index in [1.807, 2.05) is 0 Å². The summed E-state index contributed by atoms with van der Waals surface area (Å²) < 4.78 is 0. The number of aromatic nitrogens is 1. The lowest BCUT2D eigenvalue weighted by atomic mass is 10.2. The number of rotatable bonds is 6. The highest BCUT2D eigenvalue weighted by molar-refractivity contribution is 5.58. The Kier molecular flexibility index (Phi) is 4.84. The maximum absolute atomic E-state index is 10.8. The van der Waals surface area contributed by atoms with Crippen LogP contribution in [0.2, 0.25) is 0 Å². The van der Waals surface area contributed by atoms with Gasteiger partial charge in [0.2, 0.25) is 5.82 Å². The van der Waals surface area contributed by atoms with Crippen molar-refractivity contribution in [1.29, 1.82) is 5.26 Å². The van der Waals surface area contributed by atoms with Crippen molar-refractivity contribution in [2.45, 2.75) is 12.8 Å². The Morgan fingerprint density at radius 3 is 2.94 bits per heavy atom. The minimum Gasteiger partial charge on any atom is -0.396 e. The summed E-state index contributed by atoms with van der Waals surface area (Å²) in [7, 11) is 0. The van der Waals surface area contributed by atoms with Crippen molar-refractivity contribution in [3.8, 4) is 6.07 Å². The van der Waals surface area contributed by atoms with Gasteiger partial charge >= 0.3 is 5.69 Å². The number of nitrogens with zero attached hydrogens (tertiary/aromatic N) is 3. The molecule has 0 radical (unpaired) electrons. The minimum absolute atomic E-state index is 0.0879. The molecular formula is C10H12N4O3. The standard InChI is InChI=1S/C10H12N4O3/c11-6-8-5-9(14(16)17)10(13-7-8)12-3-1-2-4-15/h5,7,15H,1-4H2,(H,12,13). The van der Waals surface area contributed by atoms with Gasteiger partial charge in [-0.25, -0.2) is 4.98 Å². The van der Waals surface area contributed by atoms with Gasteiger partial charge in [0.1, 0.15) is 6.07 Å². The van der Waals surface area contributed by atoms with Crippen LogP contribution in [0.25, 0.3) is 0 Å². The van der Waals surface area contributed by atoms with Gasteiger partial charge in [0.25, 0.3) is 0 Å². The van der Waals surface area contributed by atoms with Gasteiger partial charge in [0, 0.05) is 25.4 Å². The Labute approximate surface area is 97.9 Å². The highest BCUT2D eigenvalue weighted by atomic mass is 16.6. The number of nitriles is 1. The van der Waals surface area contributed by atoms with Crippen LogP contribution < -0.4 is 5.32 Å². The molecule has 7 nitrogen and oxygen atoms in total. The van der Waals surface area contributed by atoms with E-state index in [0.29, 0.717) is 19.4 Å². The van der Waals surface area contributed by atoms with Crippen molar-refractivity contribution < 1.29 is 10.0 Å². The Morgan fingerprint density at radius 2 is 2.35 bits per heavy atom. The van der Waals surface area contributed by atoms with E-state index in [4.69, 9.17) is 10.4 Å². The molecular weight excluding hydrogens is 224 g/mol. The third-order valence-electron chi connectivity index (χ3n) is 2.07. The molecule has 0 saturated carbocycles. The van der Waals surface area contributed by atoms with Crippen LogP contribution in [0.4, 0.5) is 11.5 Å². The first-order valence-electron chi connectivity index (χ1n) is 5.08. The van der Waals surface area contributed by atoms with Crippen molar-refractivity contribution >= 4 is 11.5 Å². The summed E-state index contributed by atoms with van der Waals surface area (Å²) in [6.45, 7) is 0.574. The fourth-order valence-corrected chi connectivity index (χ4v) is 1.23. The van der Waals surface area contributed by atoms with Crippen molar-refractivity contribution in [3.05, 3.63) is 27.9 Å². The SMILES string of the molecule is N#Cc1cnc(NCCCCO)c([N+](=O)[O-])c1. The zero-order valence-electron chi connectivity index (χ0n) is 9.09. The van der Waals surface area contributed by atoms with Crippen LogP contribution in [-0.4, -0.2) is 28.2 Å². The average Bonchev–Trinajstić information content (AvgIpc) is 2.34. The van der Waals surface area contributed by atoms with Crippen LogP contribution in [-0.2, 0) is 0 Å².